The van der Waals surface area contributed by atoms with Crippen molar-refractivity contribution in [2.45, 2.75) is 63.7 Å². The Morgan fingerprint density at radius 3 is 1.13 bits per heavy atom. The number of para-hydroxylation sites is 6. The van der Waals surface area contributed by atoms with Gasteiger partial charge in [-0.2, -0.15) is 0 Å². The summed E-state index contributed by atoms with van der Waals surface area (Å²) in [6, 6.07) is 70.4. The summed E-state index contributed by atoms with van der Waals surface area (Å²) in [5, 5.41) is 0. The predicted octanol–water partition coefficient (Wildman–Crippen LogP) is 16.6. The molecule has 1 aliphatic carbocycles. The van der Waals surface area contributed by atoms with E-state index in [0.717, 1.165) is 92.6 Å². The lowest BCUT2D eigenvalue weighted by Gasteiger charge is -2.43. The molecule has 3 heterocycles. The van der Waals surface area contributed by atoms with Crippen molar-refractivity contribution in [2.24, 2.45) is 0 Å². The lowest BCUT2D eigenvalue weighted by molar-refractivity contribution is 0.581. The van der Waals surface area contributed by atoms with E-state index in [9.17, 15) is 0 Å². The van der Waals surface area contributed by atoms with E-state index in [-0.39, 0.29) is 16.7 Å². The smallest absolute Gasteiger partial charge is 0.165 e. The van der Waals surface area contributed by atoms with Crippen LogP contribution in [0.4, 0.5) is 34.1 Å². The Bertz CT molecular complexity index is 3090. The third-order valence-electron chi connectivity index (χ3n) is 14.7. The molecule has 1 aromatic heterocycles. The van der Waals surface area contributed by atoms with Crippen LogP contribution in [-0.4, -0.2) is 15.0 Å². The molecule has 5 nitrogen and oxygen atoms in total. The van der Waals surface area contributed by atoms with Crippen molar-refractivity contribution in [1.82, 2.24) is 15.0 Å². The maximum Gasteiger partial charge on any atom is 0.165 e. The Balaban J connectivity index is 1.17. The summed E-state index contributed by atoms with van der Waals surface area (Å²) >= 11 is 0. The van der Waals surface area contributed by atoms with E-state index in [1.165, 1.54) is 22.3 Å². The van der Waals surface area contributed by atoms with Gasteiger partial charge in [-0.25, -0.2) is 15.0 Å². The van der Waals surface area contributed by atoms with Gasteiger partial charge in [0.15, 0.2) is 11.6 Å². The van der Waals surface area contributed by atoms with Gasteiger partial charge >= 0.3 is 0 Å². The van der Waals surface area contributed by atoms with Crippen LogP contribution in [0.2, 0.25) is 0 Å². The summed E-state index contributed by atoms with van der Waals surface area (Å²) in [6.07, 6.45) is 7.42. The molecule has 9 aromatic rings. The van der Waals surface area contributed by atoms with Crippen molar-refractivity contribution in [2.75, 3.05) is 9.80 Å². The van der Waals surface area contributed by atoms with Crippen molar-refractivity contribution >= 4 is 34.1 Å². The largest absolute Gasteiger partial charge is 0.309 e. The fourth-order valence-corrected chi connectivity index (χ4v) is 11.3. The molecule has 12 rings (SSSR count). The molecule has 0 N–H and O–H groups in total. The van der Waals surface area contributed by atoms with Crippen LogP contribution >= 0.6 is 0 Å². The Kier molecular flexibility index (Phi) is 10.1. The topological polar surface area (TPSA) is 45.2 Å². The molecule has 8 aromatic carbocycles. The number of fused-ring (bicyclic) bond motifs is 4. The fraction of sp³-hybridized carbons (Fsp3) is 0.159. The summed E-state index contributed by atoms with van der Waals surface area (Å²) in [5.41, 5.74) is 17.7. The van der Waals surface area contributed by atoms with E-state index in [1.807, 2.05) is 0 Å². The molecule has 1 unspecified atom stereocenters. The van der Waals surface area contributed by atoms with Gasteiger partial charge in [0.05, 0.1) is 34.1 Å². The maximum atomic E-state index is 5.74. The second-order valence-corrected chi connectivity index (χ2v) is 19.4. The normalized spacial score (nSPS) is 16.3. The number of hydrogen-bond acceptors (Lipinski definition) is 5. The molecule has 0 saturated carbocycles. The highest BCUT2D eigenvalue weighted by Crippen LogP contribution is 2.57. The maximum absolute atomic E-state index is 5.74. The van der Waals surface area contributed by atoms with Gasteiger partial charge in [-0.3, -0.25) is 0 Å². The minimum atomic E-state index is -0.228. The van der Waals surface area contributed by atoms with Gasteiger partial charge in [0, 0.05) is 39.0 Å². The first-order valence-electron chi connectivity index (χ1n) is 24.1. The third kappa shape index (κ3) is 6.71. The first kappa shape index (κ1) is 41.5. The zero-order valence-corrected chi connectivity index (χ0v) is 39.1. The summed E-state index contributed by atoms with van der Waals surface area (Å²) in [6.45, 7) is 9.37. The molecule has 0 fully saturated rings. The molecule has 0 spiro atoms. The second-order valence-electron chi connectivity index (χ2n) is 19.4. The molecule has 0 radical (unpaired) electrons. The van der Waals surface area contributed by atoms with E-state index >= 15 is 0 Å². The first-order valence-corrected chi connectivity index (χ1v) is 24.1. The third-order valence-corrected chi connectivity index (χ3v) is 14.7. The highest BCUT2D eigenvalue weighted by Gasteiger charge is 2.40. The number of allylic oxidation sites excluding steroid dienone is 2. The minimum absolute atomic E-state index is 0.136. The summed E-state index contributed by atoms with van der Waals surface area (Å²) in [4.78, 5) is 21.9. The van der Waals surface area contributed by atoms with Crippen LogP contribution in [0.15, 0.2) is 206 Å². The average Bonchev–Trinajstić information content (AvgIpc) is 3.39. The van der Waals surface area contributed by atoms with Gasteiger partial charge in [-0.1, -0.05) is 198 Å². The Labute approximate surface area is 400 Å². The second kappa shape index (κ2) is 16.5. The van der Waals surface area contributed by atoms with Crippen molar-refractivity contribution in [3.63, 3.8) is 0 Å². The predicted molar refractivity (Wildman–Crippen MR) is 281 cm³/mol. The van der Waals surface area contributed by atoms with Crippen LogP contribution in [0.3, 0.4) is 0 Å². The molecular weight excluding hydrogens is 827 g/mol. The van der Waals surface area contributed by atoms with Crippen LogP contribution in [0, 0.1) is 0 Å². The van der Waals surface area contributed by atoms with Crippen LogP contribution in [-0.2, 0) is 10.8 Å². The Morgan fingerprint density at radius 1 is 0.382 bits per heavy atom. The lowest BCUT2D eigenvalue weighted by atomic mass is 9.73. The number of hydrogen-bond donors (Lipinski definition) is 0. The number of benzene rings is 8. The lowest BCUT2D eigenvalue weighted by Crippen LogP contribution is -2.31. The molecule has 3 aliphatic rings. The Morgan fingerprint density at radius 2 is 0.750 bits per heavy atom. The first-order chi connectivity index (χ1) is 33.3. The molecule has 0 amide bonds. The molecule has 0 saturated heterocycles. The van der Waals surface area contributed by atoms with Crippen molar-refractivity contribution in [3.8, 4) is 45.0 Å². The monoisotopic (exact) mass is 879 g/mol. The van der Waals surface area contributed by atoms with E-state index in [2.05, 4.69) is 244 Å². The summed E-state index contributed by atoms with van der Waals surface area (Å²) in [7, 11) is 0. The molecule has 2 aliphatic heterocycles. The summed E-state index contributed by atoms with van der Waals surface area (Å²) < 4.78 is 0. The van der Waals surface area contributed by atoms with Gasteiger partial charge in [0.2, 0.25) is 0 Å². The Hall–Kier alpha value is -7.89. The van der Waals surface area contributed by atoms with Crippen LogP contribution < -0.4 is 9.80 Å². The molecule has 0 bridgehead atoms. The van der Waals surface area contributed by atoms with Crippen LogP contribution in [0.25, 0.3) is 45.0 Å². The number of rotatable bonds is 7. The van der Waals surface area contributed by atoms with E-state index in [0.29, 0.717) is 11.6 Å². The van der Waals surface area contributed by atoms with Gasteiger partial charge < -0.3 is 9.80 Å². The van der Waals surface area contributed by atoms with Crippen LogP contribution in [0.5, 0.6) is 0 Å². The number of aromatic nitrogens is 3. The molecule has 68 heavy (non-hydrogen) atoms. The van der Waals surface area contributed by atoms with Gasteiger partial charge in [-0.15, -0.1) is 0 Å². The highest BCUT2D eigenvalue weighted by molar-refractivity contribution is 6.01. The van der Waals surface area contributed by atoms with Crippen molar-refractivity contribution < 1.29 is 0 Å². The fourth-order valence-electron chi connectivity index (χ4n) is 11.3. The quantitative estimate of drug-likeness (QED) is 0.149. The average molecular weight is 880 g/mol. The van der Waals surface area contributed by atoms with Crippen molar-refractivity contribution in [1.29, 1.82) is 0 Å². The van der Waals surface area contributed by atoms with Crippen molar-refractivity contribution in [3.05, 3.63) is 234 Å². The van der Waals surface area contributed by atoms with E-state index < -0.39 is 0 Å². The van der Waals surface area contributed by atoms with Gasteiger partial charge in [0.1, 0.15) is 5.82 Å². The SMILES string of the molecule is CC1(C)c2ccccc2N(c2c(-c3ccccc3)cccc2-c2nc(-c3cccc(-c4ccccc4)c3N3c4ccccc4C(C)(C)c4ccccc43)nc(C3CC=CCC3)n2)c2ccccc21. The zero-order valence-electron chi connectivity index (χ0n) is 39.1. The van der Waals surface area contributed by atoms with E-state index in [1.54, 1.807) is 0 Å². The number of nitrogens with zero attached hydrogens (tertiary/aromatic N) is 5. The van der Waals surface area contributed by atoms with Gasteiger partial charge in [-0.05, 0) is 89.0 Å². The number of anilines is 6. The molecule has 1 atom stereocenters. The molecule has 5 heteroatoms. The minimum Gasteiger partial charge on any atom is -0.309 e. The molecular formula is C63H53N5. The van der Waals surface area contributed by atoms with Crippen LogP contribution in [0.1, 0.15) is 81.0 Å². The van der Waals surface area contributed by atoms with Gasteiger partial charge in [0.25, 0.3) is 0 Å². The molecule has 330 valence electrons. The highest BCUT2D eigenvalue weighted by atomic mass is 15.2. The standard InChI is InChI=1S/C63H53N5/c1-62(2)49-34-14-18-38-53(49)67(54-39-19-15-35-50(54)62)57-45(42-24-8-5-9-25-42)30-22-32-47(57)60-64-59(44-28-12-7-13-29-44)65-61(66-60)48-33-23-31-46(43-26-10-6-11-27-43)58(48)68-55-40-20-16-36-51(55)63(3,4)52-37-17-21-41-56(52)68/h5-12,14-27,30-41,44H,13,28-29H2,1-4H3. The summed E-state index contributed by atoms with van der Waals surface area (Å²) in [5.74, 6) is 2.27. The zero-order chi connectivity index (χ0) is 46.0. The van der Waals surface area contributed by atoms with E-state index in [4.69, 9.17) is 15.0 Å².